The minimum Gasteiger partial charge on any atom is -0.294 e. The van der Waals surface area contributed by atoms with Gasteiger partial charge < -0.3 is 0 Å². The number of benzene rings is 2. The molecule has 0 unspecified atom stereocenters. The van der Waals surface area contributed by atoms with Gasteiger partial charge in [0, 0.05) is 12.0 Å². The van der Waals surface area contributed by atoms with Crippen molar-refractivity contribution in [2.45, 2.75) is 39.5 Å². The summed E-state index contributed by atoms with van der Waals surface area (Å²) < 4.78 is 0. The predicted molar refractivity (Wildman–Crippen MR) is 82.4 cm³/mol. The molecule has 0 aliphatic heterocycles. The smallest absolute Gasteiger partial charge is 0.167 e. The Morgan fingerprint density at radius 1 is 0.950 bits per heavy atom. The van der Waals surface area contributed by atoms with Crippen LogP contribution in [0.1, 0.15) is 44.6 Å². The van der Waals surface area contributed by atoms with Gasteiger partial charge in [0.1, 0.15) is 0 Å². The Labute approximate surface area is 120 Å². The average Bonchev–Trinajstić information content (AvgIpc) is 2.84. The molecule has 1 aliphatic carbocycles. The average molecular weight is 264 g/mol. The van der Waals surface area contributed by atoms with Gasteiger partial charge in [-0.15, -0.1) is 0 Å². The molecule has 20 heavy (non-hydrogen) atoms. The van der Waals surface area contributed by atoms with Crippen molar-refractivity contribution in [3.05, 3.63) is 69.8 Å². The molecule has 2 aromatic rings. The van der Waals surface area contributed by atoms with Gasteiger partial charge in [0.25, 0.3) is 0 Å². The van der Waals surface area contributed by atoms with Gasteiger partial charge >= 0.3 is 0 Å². The number of ketones is 1. The molecule has 1 aliphatic rings. The zero-order valence-corrected chi connectivity index (χ0v) is 12.2. The predicted octanol–water partition coefficient (Wildman–Crippen LogP) is 4.22. The fourth-order valence-corrected chi connectivity index (χ4v) is 3.20. The Hall–Kier alpha value is -1.89. The third-order valence-electron chi connectivity index (χ3n) is 4.07. The first kappa shape index (κ1) is 13.1. The topological polar surface area (TPSA) is 17.1 Å². The largest absolute Gasteiger partial charge is 0.294 e. The highest BCUT2D eigenvalue weighted by molar-refractivity contribution is 5.97. The molecule has 1 nitrogen and oxygen atoms in total. The maximum Gasteiger partial charge on any atom is 0.167 e. The molecule has 0 amide bonds. The second-order valence-electron chi connectivity index (χ2n) is 5.93. The number of Topliss-reactive ketones (excluding diaryl/α,β-unsaturated/α-hetero) is 1. The molecule has 0 atom stereocenters. The van der Waals surface area contributed by atoms with Crippen LogP contribution in [0.5, 0.6) is 0 Å². The Balaban J connectivity index is 1.82. The Bertz CT molecular complexity index is 647. The van der Waals surface area contributed by atoms with Crippen LogP contribution in [0, 0.1) is 13.8 Å². The molecule has 0 bridgehead atoms. The summed E-state index contributed by atoms with van der Waals surface area (Å²) in [5.74, 6) is 0.227. The summed E-state index contributed by atoms with van der Waals surface area (Å²) >= 11 is 0. The quantitative estimate of drug-likeness (QED) is 0.759. The molecule has 0 N–H and O–H groups in total. The van der Waals surface area contributed by atoms with Crippen LogP contribution in [0.2, 0.25) is 0 Å². The van der Waals surface area contributed by atoms with Gasteiger partial charge in [-0.05, 0) is 55.9 Å². The number of carbonyl (C=O) groups is 1. The lowest BCUT2D eigenvalue weighted by Crippen LogP contribution is -2.05. The van der Waals surface area contributed by atoms with Gasteiger partial charge in [0.15, 0.2) is 5.78 Å². The fraction of sp³-hybridized carbons (Fsp3) is 0.316. The van der Waals surface area contributed by atoms with E-state index in [-0.39, 0.29) is 5.78 Å². The summed E-state index contributed by atoms with van der Waals surface area (Å²) in [5.41, 5.74) is 7.23. The molecular formula is C19H20O. The molecule has 0 saturated carbocycles. The lowest BCUT2D eigenvalue weighted by Gasteiger charge is -2.06. The number of rotatable bonds is 3. The van der Waals surface area contributed by atoms with Gasteiger partial charge in [-0.25, -0.2) is 0 Å². The highest BCUT2D eigenvalue weighted by Gasteiger charge is 2.14. The Morgan fingerprint density at radius 3 is 2.40 bits per heavy atom. The van der Waals surface area contributed by atoms with Crippen molar-refractivity contribution in [1.82, 2.24) is 0 Å². The summed E-state index contributed by atoms with van der Waals surface area (Å²) in [5, 5.41) is 0. The number of hydrogen-bond acceptors (Lipinski definition) is 1. The number of fused-ring (bicyclic) bond motifs is 1. The number of carbonyl (C=O) groups excluding carboxylic acids is 1. The van der Waals surface area contributed by atoms with Crippen LogP contribution in [0.25, 0.3) is 0 Å². The van der Waals surface area contributed by atoms with Gasteiger partial charge in [0.05, 0.1) is 0 Å². The van der Waals surface area contributed by atoms with Crippen molar-refractivity contribution in [2.75, 3.05) is 0 Å². The monoisotopic (exact) mass is 264 g/mol. The summed E-state index contributed by atoms with van der Waals surface area (Å²) in [4.78, 5) is 12.4. The van der Waals surface area contributed by atoms with Crippen molar-refractivity contribution >= 4 is 5.78 Å². The lowest BCUT2D eigenvalue weighted by atomic mass is 9.97. The molecule has 1 heteroatoms. The van der Waals surface area contributed by atoms with Crippen LogP contribution in [0.3, 0.4) is 0 Å². The molecule has 102 valence electrons. The van der Waals surface area contributed by atoms with E-state index in [1.54, 1.807) is 0 Å². The zero-order valence-electron chi connectivity index (χ0n) is 12.2. The molecule has 2 aromatic carbocycles. The van der Waals surface area contributed by atoms with Crippen molar-refractivity contribution in [1.29, 1.82) is 0 Å². The van der Waals surface area contributed by atoms with E-state index in [9.17, 15) is 4.79 Å². The molecule has 0 heterocycles. The van der Waals surface area contributed by atoms with Crippen LogP contribution in [0.15, 0.2) is 36.4 Å². The number of aryl methyl sites for hydroxylation is 4. The van der Waals surface area contributed by atoms with Crippen molar-refractivity contribution < 1.29 is 4.79 Å². The Kier molecular flexibility index (Phi) is 3.43. The van der Waals surface area contributed by atoms with E-state index in [0.717, 1.165) is 17.5 Å². The zero-order chi connectivity index (χ0) is 14.1. The normalized spacial score (nSPS) is 13.3. The van der Waals surface area contributed by atoms with Crippen LogP contribution >= 0.6 is 0 Å². The molecular weight excluding hydrogens is 244 g/mol. The van der Waals surface area contributed by atoms with E-state index in [4.69, 9.17) is 0 Å². The molecule has 0 fully saturated rings. The van der Waals surface area contributed by atoms with E-state index >= 15 is 0 Å². The molecule has 0 saturated heterocycles. The summed E-state index contributed by atoms with van der Waals surface area (Å²) in [6.45, 7) is 4.16. The minimum atomic E-state index is 0.227. The first-order chi connectivity index (χ1) is 9.61. The first-order valence-electron chi connectivity index (χ1n) is 7.34. The highest BCUT2D eigenvalue weighted by atomic mass is 16.1. The minimum absolute atomic E-state index is 0.227. The third kappa shape index (κ3) is 2.67. The molecule has 0 radical (unpaired) electrons. The van der Waals surface area contributed by atoms with Crippen LogP contribution in [0.4, 0.5) is 0 Å². The fourth-order valence-electron chi connectivity index (χ4n) is 3.20. The van der Waals surface area contributed by atoms with Crippen molar-refractivity contribution in [3.8, 4) is 0 Å². The molecule has 3 rings (SSSR count). The second-order valence-corrected chi connectivity index (χ2v) is 5.93. The van der Waals surface area contributed by atoms with Crippen molar-refractivity contribution in [2.24, 2.45) is 0 Å². The number of hydrogen-bond donors (Lipinski definition) is 0. The van der Waals surface area contributed by atoms with Crippen LogP contribution in [-0.2, 0) is 19.3 Å². The maximum absolute atomic E-state index is 12.4. The van der Waals surface area contributed by atoms with Gasteiger partial charge in [-0.2, -0.15) is 0 Å². The highest BCUT2D eigenvalue weighted by Crippen LogP contribution is 2.23. The van der Waals surface area contributed by atoms with E-state index in [0.29, 0.717) is 6.42 Å². The van der Waals surface area contributed by atoms with Crippen molar-refractivity contribution in [3.63, 3.8) is 0 Å². The van der Waals surface area contributed by atoms with Gasteiger partial charge in [-0.3, -0.25) is 4.79 Å². The SMILES string of the molecule is Cc1cc(C)cc(CC(=O)c2ccc3c(c2)CCC3)c1. The van der Waals surface area contributed by atoms with E-state index in [1.807, 2.05) is 6.07 Å². The van der Waals surface area contributed by atoms with Gasteiger partial charge in [-0.1, -0.05) is 41.5 Å². The molecule has 0 aromatic heterocycles. The lowest BCUT2D eigenvalue weighted by molar-refractivity contribution is 0.0993. The summed E-state index contributed by atoms with van der Waals surface area (Å²) in [7, 11) is 0. The third-order valence-corrected chi connectivity index (χ3v) is 4.07. The molecule has 0 spiro atoms. The first-order valence-corrected chi connectivity index (χ1v) is 7.34. The van der Waals surface area contributed by atoms with E-state index in [2.05, 4.69) is 44.2 Å². The van der Waals surface area contributed by atoms with E-state index in [1.165, 1.54) is 35.1 Å². The standard InChI is InChI=1S/C19H20O/c1-13-8-14(2)10-15(9-13)11-19(20)18-7-6-16-4-3-5-17(16)12-18/h6-10,12H,3-5,11H2,1-2H3. The van der Waals surface area contributed by atoms with E-state index < -0.39 is 0 Å². The van der Waals surface area contributed by atoms with Crippen LogP contribution in [-0.4, -0.2) is 5.78 Å². The summed E-state index contributed by atoms with van der Waals surface area (Å²) in [6, 6.07) is 12.6. The second kappa shape index (κ2) is 5.24. The Morgan fingerprint density at radius 2 is 1.65 bits per heavy atom. The maximum atomic E-state index is 12.4. The van der Waals surface area contributed by atoms with Crippen LogP contribution < -0.4 is 0 Å². The summed E-state index contributed by atoms with van der Waals surface area (Å²) in [6.07, 6.45) is 4.02. The van der Waals surface area contributed by atoms with Gasteiger partial charge in [0.2, 0.25) is 0 Å².